The monoisotopic (exact) mass is 487 g/mol. The standard InChI is InChI=1S/C28H26FN3O2S/c1-20-6-8-22(9-7-20)19-34-23-12-10-21(11-13-23)18-26-27(33)30-28(35-26)32-16-14-31(15-17-32)25-5-3-2-4-24(25)29/h2-13,18H,14-17,19H2,1H3. The molecule has 5 nitrogen and oxygen atoms in total. The first kappa shape index (κ1) is 23.2. The second kappa shape index (κ2) is 10.4. The molecular formula is C28H26FN3O2S. The van der Waals surface area contributed by atoms with Gasteiger partial charge >= 0.3 is 0 Å². The highest BCUT2D eigenvalue weighted by molar-refractivity contribution is 8.18. The first-order valence-electron chi connectivity index (χ1n) is 11.6. The minimum Gasteiger partial charge on any atom is -0.489 e. The van der Waals surface area contributed by atoms with E-state index in [-0.39, 0.29) is 11.7 Å². The molecule has 3 aromatic carbocycles. The number of amides is 1. The average molecular weight is 488 g/mol. The lowest BCUT2D eigenvalue weighted by molar-refractivity contribution is -0.113. The predicted molar refractivity (Wildman–Crippen MR) is 140 cm³/mol. The fraction of sp³-hybridized carbons (Fsp3) is 0.214. The number of amidine groups is 1. The van der Waals surface area contributed by atoms with E-state index in [4.69, 9.17) is 4.74 Å². The van der Waals surface area contributed by atoms with Gasteiger partial charge in [-0.05, 0) is 60.2 Å². The molecule has 0 radical (unpaired) electrons. The lowest BCUT2D eigenvalue weighted by atomic mass is 10.1. The van der Waals surface area contributed by atoms with E-state index in [0.29, 0.717) is 48.5 Å². The first-order chi connectivity index (χ1) is 17.0. The molecule has 35 heavy (non-hydrogen) atoms. The van der Waals surface area contributed by atoms with Crippen molar-refractivity contribution < 1.29 is 13.9 Å². The van der Waals surface area contributed by atoms with Crippen LogP contribution in [0.4, 0.5) is 10.1 Å². The topological polar surface area (TPSA) is 45.1 Å². The molecule has 1 amide bonds. The maximum absolute atomic E-state index is 14.1. The number of nitrogens with zero attached hydrogens (tertiary/aromatic N) is 3. The number of aliphatic imine (C=N–C) groups is 1. The molecule has 0 atom stereocenters. The maximum atomic E-state index is 14.1. The summed E-state index contributed by atoms with van der Waals surface area (Å²) in [5, 5.41) is 0.715. The Kier molecular flexibility index (Phi) is 6.86. The third kappa shape index (κ3) is 5.57. The van der Waals surface area contributed by atoms with Crippen LogP contribution in [0.2, 0.25) is 0 Å². The molecule has 1 fully saturated rings. The fourth-order valence-electron chi connectivity index (χ4n) is 4.04. The van der Waals surface area contributed by atoms with Gasteiger partial charge in [-0.2, -0.15) is 4.99 Å². The van der Waals surface area contributed by atoms with Crippen molar-refractivity contribution in [1.82, 2.24) is 4.90 Å². The summed E-state index contributed by atoms with van der Waals surface area (Å²) in [6, 6.07) is 22.8. The fourth-order valence-corrected chi connectivity index (χ4v) is 5.01. The Bertz CT molecular complexity index is 1260. The van der Waals surface area contributed by atoms with Gasteiger partial charge in [0.2, 0.25) is 0 Å². The number of aryl methyl sites for hydroxylation is 1. The Morgan fingerprint density at radius 1 is 0.943 bits per heavy atom. The molecule has 0 aliphatic carbocycles. The van der Waals surface area contributed by atoms with Gasteiger partial charge in [0.1, 0.15) is 18.2 Å². The zero-order valence-electron chi connectivity index (χ0n) is 19.5. The van der Waals surface area contributed by atoms with Crippen LogP contribution in [-0.4, -0.2) is 42.2 Å². The zero-order chi connectivity index (χ0) is 24.2. The van der Waals surface area contributed by atoms with Crippen LogP contribution in [0.1, 0.15) is 16.7 Å². The highest BCUT2D eigenvalue weighted by Gasteiger charge is 2.29. The SMILES string of the molecule is Cc1ccc(COc2ccc(C=C3SC(N4CCN(c5ccccc5F)CC4)=NC3=O)cc2)cc1. The van der Waals surface area contributed by atoms with Crippen LogP contribution in [0.25, 0.3) is 6.08 Å². The number of para-hydroxylation sites is 1. The number of rotatable bonds is 5. The summed E-state index contributed by atoms with van der Waals surface area (Å²) in [4.78, 5) is 21.5. The molecule has 2 heterocycles. The number of halogens is 1. The summed E-state index contributed by atoms with van der Waals surface area (Å²) >= 11 is 1.40. The van der Waals surface area contributed by atoms with Gasteiger partial charge in [-0.1, -0.05) is 54.1 Å². The van der Waals surface area contributed by atoms with Crippen LogP contribution in [0.3, 0.4) is 0 Å². The van der Waals surface area contributed by atoms with Gasteiger partial charge in [-0.15, -0.1) is 0 Å². The Balaban J connectivity index is 1.16. The number of carbonyl (C=O) groups excluding carboxylic acids is 1. The van der Waals surface area contributed by atoms with Crippen LogP contribution < -0.4 is 9.64 Å². The summed E-state index contributed by atoms with van der Waals surface area (Å²) < 4.78 is 20.0. The number of anilines is 1. The molecular weight excluding hydrogens is 461 g/mol. The number of hydrogen-bond acceptors (Lipinski definition) is 5. The van der Waals surface area contributed by atoms with E-state index < -0.39 is 0 Å². The minimum atomic E-state index is -0.221. The molecule has 0 saturated carbocycles. The van der Waals surface area contributed by atoms with Gasteiger partial charge < -0.3 is 14.5 Å². The second-order valence-electron chi connectivity index (χ2n) is 8.58. The van der Waals surface area contributed by atoms with Crippen molar-refractivity contribution in [2.45, 2.75) is 13.5 Å². The van der Waals surface area contributed by atoms with E-state index in [9.17, 15) is 9.18 Å². The summed E-state index contributed by atoms with van der Waals surface area (Å²) in [5.41, 5.74) is 3.89. The lowest BCUT2D eigenvalue weighted by Crippen LogP contribution is -2.48. The molecule has 0 aromatic heterocycles. The van der Waals surface area contributed by atoms with Crippen LogP contribution in [0.5, 0.6) is 5.75 Å². The van der Waals surface area contributed by atoms with Gasteiger partial charge in [0.25, 0.3) is 5.91 Å². The Morgan fingerprint density at radius 2 is 1.63 bits per heavy atom. The molecule has 0 bridgehead atoms. The molecule has 5 rings (SSSR count). The van der Waals surface area contributed by atoms with Crippen LogP contribution in [0.15, 0.2) is 82.7 Å². The van der Waals surface area contributed by atoms with E-state index in [2.05, 4.69) is 41.1 Å². The molecule has 2 aliphatic heterocycles. The molecule has 0 N–H and O–H groups in total. The number of benzene rings is 3. The van der Waals surface area contributed by atoms with Crippen molar-refractivity contribution in [3.8, 4) is 5.75 Å². The third-order valence-electron chi connectivity index (χ3n) is 6.06. The maximum Gasteiger partial charge on any atom is 0.286 e. The van der Waals surface area contributed by atoms with E-state index in [1.54, 1.807) is 12.1 Å². The van der Waals surface area contributed by atoms with Crippen LogP contribution >= 0.6 is 11.8 Å². The molecule has 0 unspecified atom stereocenters. The minimum absolute atomic E-state index is 0.208. The van der Waals surface area contributed by atoms with Crippen molar-refractivity contribution in [3.63, 3.8) is 0 Å². The summed E-state index contributed by atoms with van der Waals surface area (Å²) in [7, 11) is 0. The summed E-state index contributed by atoms with van der Waals surface area (Å²) in [6.07, 6.45) is 1.86. The third-order valence-corrected chi connectivity index (χ3v) is 7.10. The van der Waals surface area contributed by atoms with E-state index >= 15 is 0 Å². The Morgan fingerprint density at radius 3 is 2.34 bits per heavy atom. The molecule has 178 valence electrons. The van der Waals surface area contributed by atoms with Gasteiger partial charge in [-0.3, -0.25) is 4.79 Å². The Labute approximate surface area is 208 Å². The van der Waals surface area contributed by atoms with E-state index in [1.807, 2.05) is 41.3 Å². The molecule has 2 aliphatic rings. The van der Waals surface area contributed by atoms with Crippen molar-refractivity contribution in [2.24, 2.45) is 4.99 Å². The van der Waals surface area contributed by atoms with Gasteiger partial charge in [0.05, 0.1) is 10.6 Å². The van der Waals surface area contributed by atoms with E-state index in [1.165, 1.54) is 23.4 Å². The number of piperazine rings is 1. The molecule has 0 spiro atoms. The first-order valence-corrected chi connectivity index (χ1v) is 12.4. The van der Waals surface area contributed by atoms with Gasteiger partial charge in [0, 0.05) is 26.2 Å². The number of carbonyl (C=O) groups is 1. The van der Waals surface area contributed by atoms with Gasteiger partial charge in [-0.25, -0.2) is 4.39 Å². The zero-order valence-corrected chi connectivity index (χ0v) is 20.3. The average Bonchev–Trinajstić information content (AvgIpc) is 3.25. The molecule has 1 saturated heterocycles. The van der Waals surface area contributed by atoms with Crippen molar-refractivity contribution in [3.05, 3.63) is 100 Å². The summed E-state index contributed by atoms with van der Waals surface area (Å²) in [5.74, 6) is 0.351. The van der Waals surface area contributed by atoms with Crippen molar-refractivity contribution >= 4 is 34.6 Å². The highest BCUT2D eigenvalue weighted by Crippen LogP contribution is 2.31. The largest absolute Gasteiger partial charge is 0.489 e. The van der Waals surface area contributed by atoms with E-state index in [0.717, 1.165) is 16.9 Å². The van der Waals surface area contributed by atoms with Crippen LogP contribution in [-0.2, 0) is 11.4 Å². The van der Waals surface area contributed by atoms with Crippen LogP contribution in [0, 0.1) is 12.7 Å². The summed E-state index contributed by atoms with van der Waals surface area (Å²) in [6.45, 7) is 5.31. The van der Waals surface area contributed by atoms with Crippen molar-refractivity contribution in [2.75, 3.05) is 31.1 Å². The smallest absolute Gasteiger partial charge is 0.286 e. The quantitative estimate of drug-likeness (QED) is 0.445. The molecule has 3 aromatic rings. The highest BCUT2D eigenvalue weighted by atomic mass is 32.2. The normalized spacial score (nSPS) is 17.1. The molecule has 7 heteroatoms. The Hall–Kier alpha value is -3.58. The number of hydrogen-bond donors (Lipinski definition) is 0. The lowest BCUT2D eigenvalue weighted by Gasteiger charge is -2.36. The predicted octanol–water partition coefficient (Wildman–Crippen LogP) is 5.51. The number of ether oxygens (including phenoxy) is 1. The number of thioether (sulfide) groups is 1. The van der Waals surface area contributed by atoms with Gasteiger partial charge in [0.15, 0.2) is 5.17 Å². The van der Waals surface area contributed by atoms with Crippen molar-refractivity contribution in [1.29, 1.82) is 0 Å². The second-order valence-corrected chi connectivity index (χ2v) is 9.59.